The van der Waals surface area contributed by atoms with Crippen LogP contribution in [-0.2, 0) is 10.8 Å². The number of nitrogens with two attached hydrogens (primary N) is 1. The van der Waals surface area contributed by atoms with E-state index in [1.165, 1.54) is 11.0 Å². The van der Waals surface area contributed by atoms with Gasteiger partial charge in [0.2, 0.25) is 5.67 Å². The van der Waals surface area contributed by atoms with Crippen molar-refractivity contribution in [2.24, 2.45) is 0 Å². The molecule has 2 nitrogen and oxygen atoms in total. The Hall–Kier alpha value is -4.78. The lowest BCUT2D eigenvalue weighted by molar-refractivity contribution is -0.577. The van der Waals surface area contributed by atoms with Crippen molar-refractivity contribution in [3.05, 3.63) is 130 Å². The molecule has 0 amide bonds. The molecule has 0 aromatic heterocycles. The molecule has 0 radical (unpaired) electrons. The van der Waals surface area contributed by atoms with Crippen LogP contribution < -0.4 is 10.2 Å². The summed E-state index contributed by atoms with van der Waals surface area (Å²) >= 11 is 6.99. The molecule has 1 aliphatic heterocycles. The zero-order chi connectivity index (χ0) is 53.2. The summed E-state index contributed by atoms with van der Waals surface area (Å²) in [4.78, 5) is 1.35. The van der Waals surface area contributed by atoms with Crippen molar-refractivity contribution >= 4 is 44.5 Å². The smallest absolute Gasteiger partial charge is 0.344 e. The Kier molecular flexibility index (Phi) is 14.8. The summed E-state index contributed by atoms with van der Waals surface area (Å²) in [5.74, 6) is -31.0. The fraction of sp³-hybridized carbons (Fsp3) is 0.451. The Labute approximate surface area is 403 Å². The maximum absolute atomic E-state index is 15.4. The standard InChI is InChI=1S/C51H48ClF17N2/c1-42(2,39-34-17-8-6-12-30(34)19-22-36(39)70-28-26-46(56,57)48(60,61)49(62,63)51(67,68)69)25-11-16-32-14-10-15-33(41(32)52)21-24-38-43(3,4)40-35-18-9-7-13-31(35)20-23-37(40)71(38)29-27-45(54,55)44(5,53)47(58,59)50(64,65)66/h6-9,11-13,16-24,70H,10,14-15,25-29H2,1-5H3/p+1/b16-11+,33-21+,38-24+. The molecule has 4 aromatic rings. The highest BCUT2D eigenvalue weighted by atomic mass is 35.5. The highest BCUT2D eigenvalue weighted by Crippen LogP contribution is 2.56. The molecule has 0 saturated heterocycles. The summed E-state index contributed by atoms with van der Waals surface area (Å²) in [5.41, 5.74) is -3.82. The molecular formula is C51H49ClF17N2+. The molecule has 0 fully saturated rings. The second kappa shape index (κ2) is 18.9. The van der Waals surface area contributed by atoms with Crippen molar-refractivity contribution in [2.75, 3.05) is 18.0 Å². The molecule has 2 aliphatic rings. The van der Waals surface area contributed by atoms with Crippen molar-refractivity contribution < 1.29 is 80.0 Å². The van der Waals surface area contributed by atoms with Gasteiger partial charge in [-0.3, -0.25) is 0 Å². The second-order valence-electron chi connectivity index (χ2n) is 19.3. The molecule has 2 N–H and O–H groups in total. The number of allylic oxidation sites excluding steroid dienone is 8. The lowest BCUT2D eigenvalue weighted by Crippen LogP contribution is -2.80. The average Bonchev–Trinajstić information content (AvgIpc) is 3.49. The molecule has 20 heteroatoms. The van der Waals surface area contributed by atoms with Gasteiger partial charge in [0, 0.05) is 40.4 Å². The zero-order valence-corrected chi connectivity index (χ0v) is 39.5. The largest absolute Gasteiger partial charge is 0.460 e. The quantitative estimate of drug-likeness (QED) is 0.0876. The maximum atomic E-state index is 15.4. The fourth-order valence-electron chi connectivity index (χ4n) is 9.43. The summed E-state index contributed by atoms with van der Waals surface area (Å²) in [6, 6.07) is 20.4. The van der Waals surface area contributed by atoms with E-state index in [-0.39, 0.29) is 12.1 Å². The Morgan fingerprint density at radius 1 is 0.634 bits per heavy atom. The minimum atomic E-state index is -7.00. The summed E-state index contributed by atoms with van der Waals surface area (Å²) in [6.07, 6.45) is -8.80. The van der Waals surface area contributed by atoms with Gasteiger partial charge in [0.1, 0.15) is 5.69 Å². The first kappa shape index (κ1) is 55.5. The van der Waals surface area contributed by atoms with E-state index >= 15 is 13.2 Å². The molecule has 6 rings (SSSR count). The number of rotatable bonds is 16. The lowest BCUT2D eigenvalue weighted by Gasteiger charge is -2.38. The van der Waals surface area contributed by atoms with E-state index in [2.05, 4.69) is 0 Å². The Morgan fingerprint density at radius 2 is 1.20 bits per heavy atom. The van der Waals surface area contributed by atoms with Gasteiger partial charge in [0.15, 0.2) is 0 Å². The third-order valence-electron chi connectivity index (χ3n) is 13.6. The second-order valence-corrected chi connectivity index (χ2v) is 19.6. The first-order valence-corrected chi connectivity index (χ1v) is 22.7. The van der Waals surface area contributed by atoms with E-state index in [0.717, 1.165) is 10.7 Å². The Morgan fingerprint density at radius 3 is 1.80 bits per heavy atom. The zero-order valence-electron chi connectivity index (χ0n) is 38.7. The molecule has 1 unspecified atom stereocenters. The van der Waals surface area contributed by atoms with Crippen LogP contribution in [0.2, 0.25) is 0 Å². The molecule has 388 valence electrons. The SMILES string of the molecule is CC(C)(C/C=C/C1=C(Cl)C(=C/C=C2/N(CCC(F)(F)C(C)(F)C(F)(F)C(F)(F)F)c3ccc4ccccc4c3C2(C)C)/CCC1)c1c([NH2+]CCC(F)(F)C(F)(F)C(F)(F)C(F)(F)F)ccc2ccccc12. The lowest BCUT2D eigenvalue weighted by atomic mass is 9.77. The van der Waals surface area contributed by atoms with E-state index in [9.17, 15) is 61.5 Å². The average molecular weight is 1050 g/mol. The molecule has 0 spiro atoms. The van der Waals surface area contributed by atoms with Crippen molar-refractivity contribution in [3.63, 3.8) is 0 Å². The van der Waals surface area contributed by atoms with Crippen LogP contribution in [0.15, 0.2) is 119 Å². The fourth-order valence-corrected chi connectivity index (χ4v) is 9.75. The highest BCUT2D eigenvalue weighted by Gasteiger charge is 2.81. The van der Waals surface area contributed by atoms with E-state index in [4.69, 9.17) is 11.6 Å². The van der Waals surface area contributed by atoms with Crippen LogP contribution in [0.4, 0.5) is 86.0 Å². The molecule has 1 aliphatic carbocycles. The first-order valence-electron chi connectivity index (χ1n) is 22.3. The van der Waals surface area contributed by atoms with Gasteiger partial charge in [0.25, 0.3) is 5.92 Å². The molecular weight excluding hydrogens is 999 g/mol. The van der Waals surface area contributed by atoms with Crippen LogP contribution in [0, 0.1) is 0 Å². The molecule has 0 bridgehead atoms. The number of anilines is 1. The van der Waals surface area contributed by atoms with Crippen molar-refractivity contribution in [1.29, 1.82) is 0 Å². The van der Waals surface area contributed by atoms with Gasteiger partial charge in [-0.05, 0) is 101 Å². The topological polar surface area (TPSA) is 19.9 Å². The highest BCUT2D eigenvalue weighted by molar-refractivity contribution is 6.32. The number of quaternary nitrogens is 1. The van der Waals surface area contributed by atoms with E-state index in [0.29, 0.717) is 74.1 Å². The van der Waals surface area contributed by atoms with Gasteiger partial charge >= 0.3 is 36.0 Å². The Bertz CT molecular complexity index is 2760. The number of hydrogen-bond acceptors (Lipinski definition) is 1. The summed E-state index contributed by atoms with van der Waals surface area (Å²) < 4.78 is 237. The van der Waals surface area contributed by atoms with Crippen LogP contribution in [0.25, 0.3) is 21.5 Å². The molecule has 1 heterocycles. The number of nitrogens with zero attached hydrogens (tertiary/aromatic N) is 1. The molecule has 0 saturated carbocycles. The van der Waals surface area contributed by atoms with E-state index < -0.39 is 91.3 Å². The summed E-state index contributed by atoms with van der Waals surface area (Å²) in [5, 5.41) is 4.18. The summed E-state index contributed by atoms with van der Waals surface area (Å²) in [6.45, 7) is 4.81. The van der Waals surface area contributed by atoms with E-state index in [1.807, 2.05) is 6.07 Å². The number of halogens is 18. The van der Waals surface area contributed by atoms with Crippen molar-refractivity contribution in [3.8, 4) is 0 Å². The van der Waals surface area contributed by atoms with Gasteiger partial charge in [-0.2, -0.15) is 61.5 Å². The van der Waals surface area contributed by atoms with Gasteiger partial charge in [-0.25, -0.2) is 13.2 Å². The van der Waals surface area contributed by atoms with Crippen LogP contribution in [0.5, 0.6) is 0 Å². The predicted octanol–water partition coefficient (Wildman–Crippen LogP) is 16.5. The number of alkyl halides is 17. The van der Waals surface area contributed by atoms with Gasteiger partial charge in [-0.1, -0.05) is 112 Å². The third-order valence-corrected chi connectivity index (χ3v) is 14.0. The van der Waals surface area contributed by atoms with Crippen molar-refractivity contribution in [2.45, 2.75) is 132 Å². The molecule has 4 aromatic carbocycles. The van der Waals surface area contributed by atoms with Crippen LogP contribution >= 0.6 is 11.6 Å². The minimum Gasteiger partial charge on any atom is -0.344 e. The van der Waals surface area contributed by atoms with Crippen LogP contribution in [0.1, 0.15) is 84.3 Å². The minimum absolute atomic E-state index is 0.234. The number of hydrogen-bond donors (Lipinski definition) is 1. The maximum Gasteiger partial charge on any atom is 0.460 e. The van der Waals surface area contributed by atoms with Gasteiger partial charge in [-0.15, -0.1) is 0 Å². The normalized spacial score (nSPS) is 18.9. The number of benzene rings is 4. The van der Waals surface area contributed by atoms with Gasteiger partial charge < -0.3 is 10.2 Å². The first-order chi connectivity index (χ1) is 32.5. The van der Waals surface area contributed by atoms with Crippen molar-refractivity contribution in [1.82, 2.24) is 0 Å². The number of fused-ring (bicyclic) bond motifs is 4. The predicted molar refractivity (Wildman–Crippen MR) is 240 cm³/mol. The van der Waals surface area contributed by atoms with Crippen LogP contribution in [-0.4, -0.2) is 60.7 Å². The Balaban J connectivity index is 1.29. The third kappa shape index (κ3) is 9.91. The van der Waals surface area contributed by atoms with Gasteiger partial charge in [0.05, 0.1) is 13.0 Å². The van der Waals surface area contributed by atoms with Crippen LogP contribution in [0.3, 0.4) is 0 Å². The summed E-state index contributed by atoms with van der Waals surface area (Å²) in [7, 11) is 0. The van der Waals surface area contributed by atoms with E-state index in [1.54, 1.807) is 113 Å². The molecule has 71 heavy (non-hydrogen) atoms. The molecule has 1 atom stereocenters. The monoisotopic (exact) mass is 1050 g/mol.